The second kappa shape index (κ2) is 4.35. The molecule has 1 heterocycles. The average Bonchev–Trinajstić information content (AvgIpc) is 2.16. The topological polar surface area (TPSA) is 93.3 Å². The number of alkyl halides is 2. The quantitative estimate of drug-likeness (QED) is 0.504. The molecule has 86 valence electrons. The van der Waals surface area contributed by atoms with Crippen LogP contribution in [0.15, 0.2) is 6.07 Å². The summed E-state index contributed by atoms with van der Waals surface area (Å²) in [5, 5.41) is 18.2. The molecule has 9 heteroatoms. The number of nitrogens with zero attached hydrogens (tertiary/aromatic N) is 2. The van der Waals surface area contributed by atoms with E-state index < -0.39 is 39.4 Å². The van der Waals surface area contributed by atoms with Crippen LogP contribution in [-0.2, 0) is 0 Å². The van der Waals surface area contributed by atoms with Crippen molar-refractivity contribution in [3.8, 4) is 5.75 Å². The van der Waals surface area contributed by atoms with Crippen molar-refractivity contribution in [1.82, 2.24) is 4.98 Å². The maximum Gasteiger partial charge on any atom is 0.315 e. The molecule has 0 atom stereocenters. The fourth-order valence-electron chi connectivity index (χ4n) is 0.932. The Morgan fingerprint density at radius 3 is 2.56 bits per heavy atom. The van der Waals surface area contributed by atoms with Crippen molar-refractivity contribution in [3.05, 3.63) is 27.6 Å². The van der Waals surface area contributed by atoms with Crippen molar-refractivity contribution >= 4 is 22.5 Å². The lowest BCUT2D eigenvalue weighted by Gasteiger charge is -2.03. The van der Waals surface area contributed by atoms with Gasteiger partial charge in [0.25, 0.3) is 11.7 Å². The first-order chi connectivity index (χ1) is 7.34. The van der Waals surface area contributed by atoms with Crippen LogP contribution >= 0.6 is 11.6 Å². The van der Waals surface area contributed by atoms with Gasteiger partial charge in [0, 0.05) is 6.07 Å². The first-order valence-corrected chi connectivity index (χ1v) is 4.08. The first-order valence-electron chi connectivity index (χ1n) is 3.71. The highest BCUT2D eigenvalue weighted by Crippen LogP contribution is 2.32. The molecule has 0 saturated carbocycles. The molecule has 6 nitrogen and oxygen atoms in total. The second-order valence-corrected chi connectivity index (χ2v) is 2.94. The molecule has 0 aliphatic rings. The Morgan fingerprint density at radius 2 is 2.19 bits per heavy atom. The summed E-state index contributed by atoms with van der Waals surface area (Å²) < 4.78 is 24.5. The van der Waals surface area contributed by atoms with Crippen molar-refractivity contribution < 1.29 is 23.6 Å². The predicted molar refractivity (Wildman–Crippen MR) is 47.7 cm³/mol. The molecule has 0 spiro atoms. The number of hydrogen-bond acceptors (Lipinski definition) is 5. The summed E-state index contributed by atoms with van der Waals surface area (Å²) in [5.41, 5.74) is -3.02. The van der Waals surface area contributed by atoms with E-state index in [1.54, 1.807) is 0 Å². The molecule has 0 aromatic carbocycles. The van der Waals surface area contributed by atoms with Crippen molar-refractivity contribution in [2.75, 3.05) is 0 Å². The zero-order valence-corrected chi connectivity index (χ0v) is 8.11. The van der Waals surface area contributed by atoms with Gasteiger partial charge in [-0.25, -0.2) is 13.8 Å². The number of carbonyl (C=O) groups is 1. The average molecular weight is 253 g/mol. The number of aromatic hydroxyl groups is 1. The Morgan fingerprint density at radius 1 is 1.62 bits per heavy atom. The third-order valence-corrected chi connectivity index (χ3v) is 1.78. The molecule has 0 fully saturated rings. The van der Waals surface area contributed by atoms with Crippen LogP contribution in [0.2, 0.25) is 0 Å². The van der Waals surface area contributed by atoms with Gasteiger partial charge in [-0.1, -0.05) is 0 Å². The summed E-state index contributed by atoms with van der Waals surface area (Å²) in [5.74, 6) is -1.13. The second-order valence-electron chi connectivity index (χ2n) is 2.59. The van der Waals surface area contributed by atoms with Crippen molar-refractivity contribution in [2.45, 2.75) is 6.43 Å². The lowest BCUT2D eigenvalue weighted by molar-refractivity contribution is -0.386. The van der Waals surface area contributed by atoms with Gasteiger partial charge in [0.1, 0.15) is 5.69 Å². The Kier molecular flexibility index (Phi) is 3.33. The van der Waals surface area contributed by atoms with Gasteiger partial charge in [-0.2, -0.15) is 0 Å². The van der Waals surface area contributed by atoms with E-state index in [0.717, 1.165) is 0 Å². The highest BCUT2D eigenvalue weighted by molar-refractivity contribution is 6.67. The van der Waals surface area contributed by atoms with Crippen LogP contribution in [0.25, 0.3) is 0 Å². The summed E-state index contributed by atoms with van der Waals surface area (Å²) in [6, 6.07) is 0.378. The Bertz CT molecular complexity index is 431. The third-order valence-electron chi connectivity index (χ3n) is 1.60. The summed E-state index contributed by atoms with van der Waals surface area (Å²) in [4.78, 5) is 23.0. The number of rotatable bonds is 3. The number of hydrogen-bond donors (Lipinski definition) is 1. The standard InChI is InChI=1S/C7H3ClF2N2O4/c8-6(14)4-5(13)3(12(15)16)1-2(11-4)7(9)10/h1,7,13H. The monoisotopic (exact) mass is 252 g/mol. The van der Waals surface area contributed by atoms with Crippen LogP contribution in [-0.4, -0.2) is 20.3 Å². The molecule has 16 heavy (non-hydrogen) atoms. The summed E-state index contributed by atoms with van der Waals surface area (Å²) in [6.07, 6.45) is -3.12. The van der Waals surface area contributed by atoms with E-state index in [1.807, 2.05) is 0 Å². The van der Waals surface area contributed by atoms with Gasteiger partial charge in [-0.05, 0) is 11.6 Å². The molecule has 1 N–H and O–H groups in total. The highest BCUT2D eigenvalue weighted by atomic mass is 35.5. The van der Waals surface area contributed by atoms with E-state index in [9.17, 15) is 28.8 Å². The molecule has 0 aliphatic heterocycles. The van der Waals surface area contributed by atoms with Crippen LogP contribution in [0.3, 0.4) is 0 Å². The lowest BCUT2D eigenvalue weighted by Crippen LogP contribution is -2.03. The number of nitro groups is 1. The molecular weight excluding hydrogens is 250 g/mol. The maximum absolute atomic E-state index is 12.3. The van der Waals surface area contributed by atoms with E-state index in [1.165, 1.54) is 0 Å². The zero-order chi connectivity index (χ0) is 12.5. The van der Waals surface area contributed by atoms with Gasteiger partial charge in [0.15, 0.2) is 5.69 Å². The van der Waals surface area contributed by atoms with Gasteiger partial charge >= 0.3 is 5.69 Å². The molecular formula is C7H3ClF2N2O4. The molecule has 0 radical (unpaired) electrons. The Hall–Kier alpha value is -1.83. The van der Waals surface area contributed by atoms with Crippen LogP contribution in [0.1, 0.15) is 22.6 Å². The number of aromatic nitrogens is 1. The van der Waals surface area contributed by atoms with E-state index in [0.29, 0.717) is 6.07 Å². The first kappa shape index (κ1) is 12.2. The number of carbonyl (C=O) groups excluding carboxylic acids is 1. The van der Waals surface area contributed by atoms with E-state index in [2.05, 4.69) is 4.98 Å². The molecule has 1 aromatic heterocycles. The van der Waals surface area contributed by atoms with E-state index >= 15 is 0 Å². The smallest absolute Gasteiger partial charge is 0.315 e. The van der Waals surface area contributed by atoms with Crippen LogP contribution in [0.5, 0.6) is 5.75 Å². The van der Waals surface area contributed by atoms with Crippen LogP contribution < -0.4 is 0 Å². The third kappa shape index (κ3) is 2.22. The molecule has 0 amide bonds. The van der Waals surface area contributed by atoms with E-state index in [4.69, 9.17) is 11.6 Å². The zero-order valence-electron chi connectivity index (χ0n) is 7.35. The fraction of sp³-hybridized carbons (Fsp3) is 0.143. The van der Waals surface area contributed by atoms with E-state index in [-0.39, 0.29) is 0 Å². The number of pyridine rings is 1. The lowest BCUT2D eigenvalue weighted by atomic mass is 10.2. The SMILES string of the molecule is O=C(Cl)c1nc(C(F)F)cc([N+](=O)[O-])c1O. The van der Waals surface area contributed by atoms with Crippen molar-refractivity contribution in [2.24, 2.45) is 0 Å². The minimum absolute atomic E-state index is 0.378. The molecule has 1 rings (SSSR count). The largest absolute Gasteiger partial charge is 0.500 e. The summed E-state index contributed by atoms with van der Waals surface area (Å²) >= 11 is 4.93. The fourth-order valence-corrected chi connectivity index (χ4v) is 1.06. The highest BCUT2D eigenvalue weighted by Gasteiger charge is 2.26. The van der Waals surface area contributed by atoms with Gasteiger partial charge in [-0.15, -0.1) is 0 Å². The molecule has 0 saturated heterocycles. The molecule has 1 aromatic rings. The van der Waals surface area contributed by atoms with Crippen LogP contribution in [0.4, 0.5) is 14.5 Å². The minimum atomic E-state index is -3.12. The van der Waals surface area contributed by atoms with Gasteiger partial charge in [0.05, 0.1) is 4.92 Å². The van der Waals surface area contributed by atoms with Gasteiger partial charge < -0.3 is 5.11 Å². The van der Waals surface area contributed by atoms with Crippen molar-refractivity contribution in [3.63, 3.8) is 0 Å². The molecule has 0 unspecified atom stereocenters. The molecule has 0 bridgehead atoms. The predicted octanol–water partition coefficient (Wildman–Crippen LogP) is 2.01. The Balaban J connectivity index is 3.51. The van der Waals surface area contributed by atoms with Crippen LogP contribution in [0, 0.1) is 10.1 Å². The van der Waals surface area contributed by atoms with Gasteiger partial charge in [-0.3, -0.25) is 14.9 Å². The number of halogens is 3. The normalized spacial score (nSPS) is 10.5. The summed E-state index contributed by atoms with van der Waals surface area (Å²) in [7, 11) is 0. The van der Waals surface area contributed by atoms with Gasteiger partial charge in [0.2, 0.25) is 5.75 Å². The minimum Gasteiger partial charge on any atom is -0.500 e. The van der Waals surface area contributed by atoms with Crippen molar-refractivity contribution in [1.29, 1.82) is 0 Å². The Labute approximate surface area is 91.6 Å². The maximum atomic E-state index is 12.3. The summed E-state index contributed by atoms with van der Waals surface area (Å²) in [6.45, 7) is 0. The molecule has 0 aliphatic carbocycles.